The van der Waals surface area contributed by atoms with E-state index in [9.17, 15) is 0 Å². The third-order valence-corrected chi connectivity index (χ3v) is 3.70. The number of hydrogen-bond acceptors (Lipinski definition) is 4. The Balaban J connectivity index is -0.000000490. The first-order chi connectivity index (χ1) is 12.6. The van der Waals surface area contributed by atoms with E-state index in [-0.39, 0.29) is 55.0 Å². The molecule has 0 fully saturated rings. The van der Waals surface area contributed by atoms with Gasteiger partial charge >= 0.3 is 0 Å². The number of nitrogens with one attached hydrogen (secondary N) is 1. The zero-order valence-corrected chi connectivity index (χ0v) is 19.4. The molecule has 0 atom stereocenters. The van der Waals surface area contributed by atoms with Crippen LogP contribution in [0, 0.1) is 0 Å². The van der Waals surface area contributed by atoms with Crippen molar-refractivity contribution in [2.75, 3.05) is 6.73 Å². The van der Waals surface area contributed by atoms with Gasteiger partial charge in [0, 0.05) is 62.8 Å². The summed E-state index contributed by atoms with van der Waals surface area (Å²) in [5.41, 5.74) is 2.36. The molecule has 30 heavy (non-hydrogen) atoms. The molecule has 0 saturated heterocycles. The van der Waals surface area contributed by atoms with Crippen LogP contribution in [0.2, 0.25) is 0 Å². The van der Waals surface area contributed by atoms with E-state index in [2.05, 4.69) is 44.1 Å². The fourth-order valence-electron chi connectivity index (χ4n) is 2.15. The summed E-state index contributed by atoms with van der Waals surface area (Å²) in [6, 6.07) is 18.2. The van der Waals surface area contributed by atoms with Crippen LogP contribution in [0.15, 0.2) is 71.4 Å². The second-order valence-corrected chi connectivity index (χ2v) is 6.57. The van der Waals surface area contributed by atoms with Gasteiger partial charge in [-0.3, -0.25) is 10.3 Å². The Kier molecular flexibility index (Phi) is 20.2. The Hall–Kier alpha value is -1.49. The number of nitrogens with zero attached hydrogens (tertiary/aromatic N) is 1. The van der Waals surface area contributed by atoms with Gasteiger partial charge in [-0.05, 0) is 37.5 Å². The molecule has 1 radical (unpaired) electrons. The molecule has 165 valence electrons. The van der Waals surface area contributed by atoms with Crippen molar-refractivity contribution in [3.63, 3.8) is 0 Å². The van der Waals surface area contributed by atoms with Gasteiger partial charge in [0.25, 0.3) is 5.95 Å². The van der Waals surface area contributed by atoms with E-state index in [1.54, 1.807) is 6.20 Å². The third kappa shape index (κ3) is 12.3. The summed E-state index contributed by atoms with van der Waals surface area (Å²) >= 11 is 0. The number of aromatic nitrogens is 1. The van der Waals surface area contributed by atoms with Crippen LogP contribution in [0.25, 0.3) is 11.3 Å². The number of furan rings is 1. The first-order valence-electron chi connectivity index (χ1n) is 8.97. The van der Waals surface area contributed by atoms with Crippen LogP contribution in [0.4, 0.5) is 0 Å². The van der Waals surface area contributed by atoms with E-state index in [1.807, 2.05) is 54.7 Å². The second kappa shape index (κ2) is 18.3. The van der Waals surface area contributed by atoms with Crippen LogP contribution in [-0.2, 0) is 32.7 Å². The average molecular weight is 490 g/mol. The molecule has 3 aromatic rings. The smallest absolute Gasteiger partial charge is 0.286 e. The summed E-state index contributed by atoms with van der Waals surface area (Å²) in [7, 11) is 0. The molecule has 0 aliphatic carbocycles. The number of ether oxygens (including phenoxy) is 1. The van der Waals surface area contributed by atoms with Crippen LogP contribution in [0.5, 0.6) is 5.95 Å². The summed E-state index contributed by atoms with van der Waals surface area (Å²) < 4.78 is 11.0. The quantitative estimate of drug-likeness (QED) is 0.367. The summed E-state index contributed by atoms with van der Waals surface area (Å²) in [6.45, 7) is 8.93. The Morgan fingerprint density at radius 2 is 1.57 bits per heavy atom. The molecular formula is C25H40N2O2Y. The zero-order valence-electron chi connectivity index (χ0n) is 16.6. The topological polar surface area (TPSA) is 47.3 Å². The minimum absolute atomic E-state index is 0. The number of hydrogen-bond donors (Lipinski definition) is 1. The summed E-state index contributed by atoms with van der Waals surface area (Å²) in [4.78, 5) is 4.01. The molecule has 2 aromatic heterocycles. The van der Waals surface area contributed by atoms with Crippen LogP contribution in [0.3, 0.4) is 0 Å². The predicted molar refractivity (Wildman–Crippen MR) is 126 cm³/mol. The fraction of sp³-hybridized carbons (Fsp3) is 0.400. The molecule has 5 heteroatoms. The minimum atomic E-state index is 0. The van der Waals surface area contributed by atoms with E-state index in [1.165, 1.54) is 5.56 Å². The van der Waals surface area contributed by atoms with Gasteiger partial charge in [-0.25, -0.2) is 0 Å². The Labute approximate surface area is 209 Å². The van der Waals surface area contributed by atoms with Crippen molar-refractivity contribution in [3.05, 3.63) is 72.6 Å². The molecule has 0 bridgehead atoms. The maximum atomic E-state index is 5.59. The van der Waals surface area contributed by atoms with Crippen molar-refractivity contribution in [1.29, 1.82) is 0 Å². The molecule has 0 spiro atoms. The molecular weight excluding hydrogens is 449 g/mol. The first kappa shape index (κ1) is 33.2. The van der Waals surface area contributed by atoms with Crippen molar-refractivity contribution < 1.29 is 41.9 Å². The number of benzene rings is 1. The summed E-state index contributed by atoms with van der Waals surface area (Å²) in [6.07, 6.45) is 3.70. The molecule has 1 N–H and O–H groups in total. The van der Waals surface area contributed by atoms with Crippen molar-refractivity contribution >= 4 is 0 Å². The molecule has 0 aliphatic rings. The first-order valence-corrected chi connectivity index (χ1v) is 8.97. The van der Waals surface area contributed by atoms with Gasteiger partial charge in [0.05, 0.1) is 0 Å². The van der Waals surface area contributed by atoms with Gasteiger partial charge in [-0.1, -0.05) is 72.5 Å². The minimum Gasteiger partial charge on any atom is -0.449 e. The predicted octanol–water partition coefficient (Wildman–Crippen LogP) is 7.39. The average Bonchev–Trinajstić information content (AvgIpc) is 3.12. The Bertz CT molecular complexity index is 744. The van der Waals surface area contributed by atoms with E-state index in [0.717, 1.165) is 11.3 Å². The van der Waals surface area contributed by atoms with E-state index in [0.29, 0.717) is 24.6 Å². The molecule has 0 saturated carbocycles. The van der Waals surface area contributed by atoms with Crippen molar-refractivity contribution in [3.8, 4) is 17.3 Å². The van der Waals surface area contributed by atoms with Crippen LogP contribution < -0.4 is 10.1 Å². The van der Waals surface area contributed by atoms with Crippen LogP contribution in [0.1, 0.15) is 61.5 Å². The molecule has 0 aliphatic heterocycles. The SMILES string of the molecule is C.C.C.CC(C)NCOc1ccc(-c2ccccc2)o1.CC(C)c1cccnc1.[Y]. The number of rotatable bonds is 6. The third-order valence-electron chi connectivity index (χ3n) is 3.70. The van der Waals surface area contributed by atoms with E-state index < -0.39 is 0 Å². The van der Waals surface area contributed by atoms with Gasteiger partial charge in [0.1, 0.15) is 12.5 Å². The van der Waals surface area contributed by atoms with Crippen LogP contribution in [-0.4, -0.2) is 17.8 Å². The summed E-state index contributed by atoms with van der Waals surface area (Å²) in [5, 5.41) is 3.16. The Morgan fingerprint density at radius 1 is 0.900 bits per heavy atom. The molecule has 3 rings (SSSR count). The van der Waals surface area contributed by atoms with Crippen LogP contribution >= 0.6 is 0 Å². The van der Waals surface area contributed by atoms with Gasteiger partial charge in [0.2, 0.25) is 0 Å². The van der Waals surface area contributed by atoms with E-state index in [4.69, 9.17) is 9.15 Å². The van der Waals surface area contributed by atoms with Crippen molar-refractivity contribution in [2.24, 2.45) is 0 Å². The van der Waals surface area contributed by atoms with Gasteiger partial charge in [-0.2, -0.15) is 0 Å². The maximum Gasteiger partial charge on any atom is 0.286 e. The maximum absolute atomic E-state index is 5.59. The standard InChI is InChI=1S/C14H17NO2.C8H11N.3CH4.Y/c1-11(2)15-10-16-14-9-8-13(17-14)12-6-4-3-5-7-12;1-7(2)8-4-3-5-9-6-8;;;;/h3-9,11,15H,10H2,1-2H3;3-7H,1-2H3;3*1H4;. The number of pyridine rings is 1. The molecule has 1 aromatic carbocycles. The van der Waals surface area contributed by atoms with Crippen molar-refractivity contribution in [1.82, 2.24) is 10.3 Å². The zero-order chi connectivity index (χ0) is 18.8. The Morgan fingerprint density at radius 3 is 2.07 bits per heavy atom. The second-order valence-electron chi connectivity index (χ2n) is 6.57. The van der Waals surface area contributed by atoms with Gasteiger partial charge in [0.15, 0.2) is 0 Å². The molecule has 2 heterocycles. The monoisotopic (exact) mass is 489 g/mol. The normalized spacial score (nSPS) is 9.13. The van der Waals surface area contributed by atoms with E-state index >= 15 is 0 Å². The summed E-state index contributed by atoms with van der Waals surface area (Å²) in [5.74, 6) is 1.96. The fourth-order valence-corrected chi connectivity index (χ4v) is 2.15. The van der Waals surface area contributed by atoms with Crippen molar-refractivity contribution in [2.45, 2.75) is 61.9 Å². The molecule has 0 unspecified atom stereocenters. The molecule has 4 nitrogen and oxygen atoms in total. The van der Waals surface area contributed by atoms with Gasteiger partial charge in [-0.15, -0.1) is 0 Å². The molecule has 0 amide bonds. The largest absolute Gasteiger partial charge is 0.449 e. The van der Waals surface area contributed by atoms with Gasteiger partial charge < -0.3 is 9.15 Å².